The highest BCUT2D eigenvalue weighted by molar-refractivity contribution is 6.99. The number of aromatic nitrogens is 2. The highest BCUT2D eigenvalue weighted by Crippen LogP contribution is 1.97. The lowest BCUT2D eigenvalue weighted by atomic mass is 10.8. The molecule has 0 saturated carbocycles. The number of anilines is 1. The second-order valence-electron chi connectivity index (χ2n) is 1.04. The Kier molecular flexibility index (Phi) is 1.21. The molecule has 1 aromatic rings. The summed E-state index contributed by atoms with van der Waals surface area (Å²) in [5.41, 5.74) is 0. The van der Waals surface area contributed by atoms with E-state index >= 15 is 0 Å². The quantitative estimate of drug-likeness (QED) is 0.581. The summed E-state index contributed by atoms with van der Waals surface area (Å²) in [5, 5.41) is 2.84. The summed E-state index contributed by atoms with van der Waals surface area (Å²) in [6, 6.07) is 0. The van der Waals surface area contributed by atoms with Crippen LogP contribution in [0.4, 0.5) is 5.82 Å². The number of hydrogen-bond acceptors (Lipinski definition) is 4. The topological polar surface area (TPSA) is 37.8 Å². The molecule has 4 heteroatoms. The molecule has 3 nitrogen and oxygen atoms in total. The summed E-state index contributed by atoms with van der Waals surface area (Å²) in [6.07, 6.45) is 1.69. The molecule has 0 bridgehead atoms. The van der Waals surface area contributed by atoms with Crippen LogP contribution >= 0.6 is 11.7 Å². The van der Waals surface area contributed by atoms with Gasteiger partial charge in [-0.3, -0.25) is 0 Å². The molecule has 0 amide bonds. The largest absolute Gasteiger partial charge is 0.371 e. The van der Waals surface area contributed by atoms with E-state index in [1.54, 1.807) is 6.20 Å². The molecule has 0 unspecified atom stereocenters. The first kappa shape index (κ1) is 4.52. The van der Waals surface area contributed by atoms with Crippen molar-refractivity contribution in [3.05, 3.63) is 6.20 Å². The first-order chi connectivity index (χ1) is 3.43. The van der Waals surface area contributed by atoms with E-state index in [0.717, 1.165) is 5.82 Å². The van der Waals surface area contributed by atoms with Gasteiger partial charge in [-0.2, -0.15) is 8.75 Å². The fourth-order valence-corrected chi connectivity index (χ4v) is 0.695. The second kappa shape index (κ2) is 1.88. The van der Waals surface area contributed by atoms with Crippen molar-refractivity contribution in [3.63, 3.8) is 0 Å². The van der Waals surface area contributed by atoms with Gasteiger partial charge in [0, 0.05) is 7.05 Å². The van der Waals surface area contributed by atoms with E-state index in [-0.39, 0.29) is 0 Å². The van der Waals surface area contributed by atoms with Gasteiger partial charge < -0.3 is 5.32 Å². The Morgan fingerprint density at radius 2 is 2.71 bits per heavy atom. The molecule has 0 saturated heterocycles. The van der Waals surface area contributed by atoms with Gasteiger partial charge in [-0.25, -0.2) is 0 Å². The van der Waals surface area contributed by atoms with E-state index in [1.807, 2.05) is 7.05 Å². The molecule has 0 radical (unpaired) electrons. The molecule has 0 fully saturated rings. The van der Waals surface area contributed by atoms with E-state index < -0.39 is 0 Å². The summed E-state index contributed by atoms with van der Waals surface area (Å²) in [7, 11) is 1.82. The Morgan fingerprint density at radius 1 is 1.86 bits per heavy atom. The summed E-state index contributed by atoms with van der Waals surface area (Å²) >= 11 is 1.20. The molecule has 0 aliphatic rings. The third-order valence-corrected chi connectivity index (χ3v) is 1.10. The van der Waals surface area contributed by atoms with Crippen molar-refractivity contribution in [1.29, 1.82) is 0 Å². The molecule has 0 atom stereocenters. The van der Waals surface area contributed by atoms with Gasteiger partial charge in [-0.05, 0) is 0 Å². The Morgan fingerprint density at radius 3 is 3.00 bits per heavy atom. The van der Waals surface area contributed by atoms with Crippen LogP contribution in [0.3, 0.4) is 0 Å². The van der Waals surface area contributed by atoms with Crippen molar-refractivity contribution < 1.29 is 0 Å². The fraction of sp³-hybridized carbons (Fsp3) is 0.333. The van der Waals surface area contributed by atoms with E-state index in [4.69, 9.17) is 0 Å². The molecule has 1 rings (SSSR count). The SMILES string of the molecule is CNc1cnsn1. The zero-order chi connectivity index (χ0) is 5.11. The van der Waals surface area contributed by atoms with E-state index in [0.29, 0.717) is 0 Å². The molecule has 1 aromatic heterocycles. The molecule has 1 N–H and O–H groups in total. The van der Waals surface area contributed by atoms with Crippen molar-refractivity contribution >= 4 is 17.5 Å². The first-order valence-corrected chi connectivity index (χ1v) is 2.62. The Bertz CT molecular complexity index is 125. The van der Waals surface area contributed by atoms with Crippen LogP contribution < -0.4 is 5.32 Å². The summed E-state index contributed by atoms with van der Waals surface area (Å²) < 4.78 is 7.62. The van der Waals surface area contributed by atoms with Crippen LogP contribution in [0, 0.1) is 0 Å². The highest BCUT2D eigenvalue weighted by Gasteiger charge is 1.84. The maximum atomic E-state index is 3.85. The lowest BCUT2D eigenvalue weighted by Gasteiger charge is -1.82. The number of nitrogens with one attached hydrogen (secondary N) is 1. The lowest BCUT2D eigenvalue weighted by molar-refractivity contribution is 1.41. The minimum Gasteiger partial charge on any atom is -0.371 e. The van der Waals surface area contributed by atoms with Gasteiger partial charge in [-0.15, -0.1) is 0 Å². The van der Waals surface area contributed by atoms with Crippen LogP contribution in [0.25, 0.3) is 0 Å². The third-order valence-electron chi connectivity index (χ3n) is 0.617. The molecule has 1 heterocycles. The number of rotatable bonds is 1. The van der Waals surface area contributed by atoms with Crippen molar-refractivity contribution in [3.8, 4) is 0 Å². The maximum absolute atomic E-state index is 3.85. The minimum atomic E-state index is 0.838. The van der Waals surface area contributed by atoms with Gasteiger partial charge in [0.25, 0.3) is 0 Å². The molecule has 0 aliphatic heterocycles. The predicted octanol–water partition coefficient (Wildman–Crippen LogP) is 0.580. The van der Waals surface area contributed by atoms with Gasteiger partial charge >= 0.3 is 0 Å². The van der Waals surface area contributed by atoms with E-state index in [9.17, 15) is 0 Å². The van der Waals surface area contributed by atoms with E-state index in [2.05, 4.69) is 14.1 Å². The highest BCUT2D eigenvalue weighted by atomic mass is 32.1. The zero-order valence-electron chi connectivity index (χ0n) is 3.88. The second-order valence-corrected chi connectivity index (χ2v) is 1.60. The monoisotopic (exact) mass is 115 g/mol. The summed E-state index contributed by atoms with van der Waals surface area (Å²) in [5.74, 6) is 0.838. The molecular weight excluding hydrogens is 110 g/mol. The maximum Gasteiger partial charge on any atom is 0.159 e. The van der Waals surface area contributed by atoms with Crippen LogP contribution in [-0.2, 0) is 0 Å². The van der Waals surface area contributed by atoms with Gasteiger partial charge in [0.05, 0.1) is 17.9 Å². The summed E-state index contributed by atoms with van der Waals surface area (Å²) in [4.78, 5) is 0. The van der Waals surface area contributed by atoms with Crippen molar-refractivity contribution in [1.82, 2.24) is 8.75 Å². The fourth-order valence-electron chi connectivity index (χ4n) is 0.275. The Labute approximate surface area is 45.7 Å². The molecule has 0 aliphatic carbocycles. The molecular formula is C3H5N3S. The van der Waals surface area contributed by atoms with E-state index in [1.165, 1.54) is 11.7 Å². The average molecular weight is 115 g/mol. The molecule has 38 valence electrons. The van der Waals surface area contributed by atoms with Gasteiger partial charge in [0.2, 0.25) is 0 Å². The smallest absolute Gasteiger partial charge is 0.159 e. The summed E-state index contributed by atoms with van der Waals surface area (Å²) in [6.45, 7) is 0. The molecule has 0 aromatic carbocycles. The van der Waals surface area contributed by atoms with Crippen LogP contribution in [0.1, 0.15) is 0 Å². The van der Waals surface area contributed by atoms with Gasteiger partial charge in [0.15, 0.2) is 5.82 Å². The van der Waals surface area contributed by atoms with Crippen LogP contribution in [0.5, 0.6) is 0 Å². The van der Waals surface area contributed by atoms with Crippen molar-refractivity contribution in [2.75, 3.05) is 12.4 Å². The minimum absolute atomic E-state index is 0.838. The van der Waals surface area contributed by atoms with Gasteiger partial charge in [-0.1, -0.05) is 0 Å². The van der Waals surface area contributed by atoms with Crippen molar-refractivity contribution in [2.45, 2.75) is 0 Å². The van der Waals surface area contributed by atoms with Gasteiger partial charge in [0.1, 0.15) is 0 Å². The average Bonchev–Trinajstić information content (AvgIpc) is 2.14. The Balaban J connectivity index is 2.76. The number of nitrogens with zero attached hydrogens (tertiary/aromatic N) is 2. The third kappa shape index (κ3) is 0.866. The normalized spacial score (nSPS) is 8.71. The number of hydrogen-bond donors (Lipinski definition) is 1. The standard InChI is InChI=1S/C3H5N3S/c1-4-3-2-5-7-6-3/h2H,1H3,(H,4,6). The predicted molar refractivity (Wildman–Crippen MR) is 29.5 cm³/mol. The molecule has 0 spiro atoms. The first-order valence-electron chi connectivity index (χ1n) is 1.89. The lowest BCUT2D eigenvalue weighted by Crippen LogP contribution is -1.84. The van der Waals surface area contributed by atoms with Crippen LogP contribution in [0.2, 0.25) is 0 Å². The van der Waals surface area contributed by atoms with Crippen LogP contribution in [0.15, 0.2) is 6.20 Å². The molecule has 7 heavy (non-hydrogen) atoms. The zero-order valence-corrected chi connectivity index (χ0v) is 4.70. The van der Waals surface area contributed by atoms with Crippen molar-refractivity contribution in [2.24, 2.45) is 0 Å². The Hall–Kier alpha value is -0.640. The van der Waals surface area contributed by atoms with Crippen LogP contribution in [-0.4, -0.2) is 15.8 Å².